The van der Waals surface area contributed by atoms with Gasteiger partial charge in [-0.1, -0.05) is 34.8 Å². The number of halogens is 4. The number of amides is 1. The molecule has 2 aromatic rings. The number of esters is 1. The van der Waals surface area contributed by atoms with Gasteiger partial charge in [0.15, 0.2) is 6.61 Å². The fourth-order valence-electron chi connectivity index (χ4n) is 2.03. The summed E-state index contributed by atoms with van der Waals surface area (Å²) in [6, 6.07) is 5.93. The second kappa shape index (κ2) is 9.73. The zero-order chi connectivity index (χ0) is 21.8. The van der Waals surface area contributed by atoms with Gasteiger partial charge in [0, 0.05) is 5.02 Å². The Morgan fingerprint density at radius 3 is 2.41 bits per heavy atom. The van der Waals surface area contributed by atoms with E-state index in [0.717, 1.165) is 12.1 Å². The van der Waals surface area contributed by atoms with E-state index < -0.39 is 40.4 Å². The molecule has 0 aliphatic heterocycles. The van der Waals surface area contributed by atoms with Crippen LogP contribution in [-0.4, -0.2) is 32.9 Å². The highest BCUT2D eigenvalue weighted by Crippen LogP contribution is 2.25. The minimum Gasteiger partial charge on any atom is -0.454 e. The average Bonchev–Trinajstić information content (AvgIpc) is 2.63. The monoisotopic (exact) mass is 482 g/mol. The van der Waals surface area contributed by atoms with Gasteiger partial charge in [-0.05, 0) is 43.3 Å². The Bertz CT molecular complexity index is 1050. The molecule has 7 nitrogen and oxygen atoms in total. The Labute approximate surface area is 181 Å². The van der Waals surface area contributed by atoms with Gasteiger partial charge < -0.3 is 10.1 Å². The Morgan fingerprint density at radius 1 is 1.10 bits per heavy atom. The van der Waals surface area contributed by atoms with Crippen LogP contribution in [0.25, 0.3) is 0 Å². The fraction of sp³-hybridized carbons (Fsp3) is 0.176. The molecule has 1 atom stereocenters. The first kappa shape index (κ1) is 23.4. The van der Waals surface area contributed by atoms with E-state index in [1.54, 1.807) is 0 Å². The molecule has 0 radical (unpaired) electrons. The van der Waals surface area contributed by atoms with Crippen molar-refractivity contribution >= 4 is 62.4 Å². The molecule has 2 rings (SSSR count). The van der Waals surface area contributed by atoms with E-state index in [1.165, 1.54) is 31.2 Å². The first-order valence-corrected chi connectivity index (χ1v) is 10.5. The van der Waals surface area contributed by atoms with Gasteiger partial charge in [-0.15, -0.1) is 0 Å². The second-order valence-electron chi connectivity index (χ2n) is 5.70. The van der Waals surface area contributed by atoms with Crippen molar-refractivity contribution in [1.82, 2.24) is 4.72 Å². The molecule has 12 heteroatoms. The normalized spacial score (nSPS) is 12.3. The zero-order valence-electron chi connectivity index (χ0n) is 14.7. The van der Waals surface area contributed by atoms with Crippen LogP contribution in [0.5, 0.6) is 0 Å². The lowest BCUT2D eigenvalue weighted by Gasteiger charge is -2.14. The van der Waals surface area contributed by atoms with Crippen LogP contribution in [0.3, 0.4) is 0 Å². The third kappa shape index (κ3) is 6.55. The number of carbonyl (C=O) groups excluding carboxylic acids is 2. The van der Waals surface area contributed by atoms with Gasteiger partial charge >= 0.3 is 5.97 Å². The van der Waals surface area contributed by atoms with Gasteiger partial charge in [0.1, 0.15) is 11.9 Å². The molecule has 2 aromatic carbocycles. The maximum atomic E-state index is 13.6. The van der Waals surface area contributed by atoms with Crippen LogP contribution in [0.15, 0.2) is 41.3 Å². The first-order valence-electron chi connectivity index (χ1n) is 7.88. The highest BCUT2D eigenvalue weighted by molar-refractivity contribution is 7.89. The summed E-state index contributed by atoms with van der Waals surface area (Å²) in [4.78, 5) is 23.6. The molecule has 0 bridgehead atoms. The molecular weight excluding hydrogens is 470 g/mol. The van der Waals surface area contributed by atoms with E-state index in [4.69, 9.17) is 39.5 Å². The van der Waals surface area contributed by atoms with Crippen molar-refractivity contribution in [2.45, 2.75) is 17.9 Å². The van der Waals surface area contributed by atoms with E-state index in [9.17, 15) is 22.4 Å². The van der Waals surface area contributed by atoms with Crippen molar-refractivity contribution in [3.63, 3.8) is 0 Å². The smallest absolute Gasteiger partial charge is 0.324 e. The predicted molar refractivity (Wildman–Crippen MR) is 107 cm³/mol. The molecular formula is C17H14Cl3FN2O5S. The van der Waals surface area contributed by atoms with Crippen molar-refractivity contribution in [2.75, 3.05) is 11.9 Å². The summed E-state index contributed by atoms with van der Waals surface area (Å²) >= 11 is 17.2. The van der Waals surface area contributed by atoms with Crippen LogP contribution in [0, 0.1) is 5.82 Å². The van der Waals surface area contributed by atoms with Gasteiger partial charge in [-0.2, -0.15) is 4.72 Å². The minimum atomic E-state index is -4.10. The molecule has 0 aliphatic rings. The maximum Gasteiger partial charge on any atom is 0.324 e. The zero-order valence-corrected chi connectivity index (χ0v) is 17.8. The lowest BCUT2D eigenvalue weighted by atomic mass is 10.3. The van der Waals surface area contributed by atoms with E-state index in [2.05, 4.69) is 10.0 Å². The lowest BCUT2D eigenvalue weighted by Crippen LogP contribution is -2.40. The number of hydrogen-bond donors (Lipinski definition) is 2. The number of rotatable bonds is 7. The molecule has 29 heavy (non-hydrogen) atoms. The van der Waals surface area contributed by atoms with E-state index >= 15 is 0 Å². The van der Waals surface area contributed by atoms with Gasteiger partial charge in [-0.25, -0.2) is 12.8 Å². The molecule has 0 fully saturated rings. The molecule has 156 valence electrons. The van der Waals surface area contributed by atoms with E-state index in [-0.39, 0.29) is 25.7 Å². The molecule has 0 aromatic heterocycles. The Balaban J connectivity index is 1.92. The Morgan fingerprint density at radius 2 is 1.79 bits per heavy atom. The Kier molecular flexibility index (Phi) is 7.84. The number of ether oxygens (including phenoxy) is 1. The fourth-order valence-corrected chi connectivity index (χ4v) is 3.77. The van der Waals surface area contributed by atoms with Gasteiger partial charge in [0.2, 0.25) is 10.0 Å². The average molecular weight is 484 g/mol. The molecule has 0 heterocycles. The van der Waals surface area contributed by atoms with Crippen molar-refractivity contribution in [3.05, 3.63) is 57.3 Å². The maximum absolute atomic E-state index is 13.6. The number of sulfonamides is 1. The summed E-state index contributed by atoms with van der Waals surface area (Å²) in [5, 5.41) is 2.54. The van der Waals surface area contributed by atoms with Gasteiger partial charge in [0.05, 0.1) is 20.6 Å². The van der Waals surface area contributed by atoms with Crippen LogP contribution in [0.4, 0.5) is 10.1 Å². The van der Waals surface area contributed by atoms with Crippen molar-refractivity contribution in [3.8, 4) is 0 Å². The molecule has 0 saturated heterocycles. The highest BCUT2D eigenvalue weighted by atomic mass is 35.5. The summed E-state index contributed by atoms with van der Waals surface area (Å²) in [6.45, 7) is 0.480. The van der Waals surface area contributed by atoms with E-state index in [1.807, 2.05) is 0 Å². The second-order valence-corrected chi connectivity index (χ2v) is 8.66. The molecule has 0 saturated carbocycles. The first-order chi connectivity index (χ1) is 13.5. The summed E-state index contributed by atoms with van der Waals surface area (Å²) in [5.74, 6) is -2.60. The van der Waals surface area contributed by atoms with Crippen LogP contribution in [0.2, 0.25) is 15.1 Å². The minimum absolute atomic E-state index is 0.0240. The van der Waals surface area contributed by atoms with Crippen LogP contribution >= 0.6 is 34.8 Å². The predicted octanol–water partition coefficient (Wildman–Crippen LogP) is 3.63. The number of benzene rings is 2. The van der Waals surface area contributed by atoms with Crippen LogP contribution < -0.4 is 10.0 Å². The van der Waals surface area contributed by atoms with Gasteiger partial charge in [-0.3, -0.25) is 9.59 Å². The molecule has 1 amide bonds. The van der Waals surface area contributed by atoms with Gasteiger partial charge in [0.25, 0.3) is 5.91 Å². The number of anilines is 1. The van der Waals surface area contributed by atoms with E-state index in [0.29, 0.717) is 0 Å². The largest absolute Gasteiger partial charge is 0.454 e. The summed E-state index contributed by atoms with van der Waals surface area (Å²) in [7, 11) is -4.10. The summed E-state index contributed by atoms with van der Waals surface area (Å²) in [6.07, 6.45) is 0. The molecule has 0 aliphatic carbocycles. The highest BCUT2D eigenvalue weighted by Gasteiger charge is 2.24. The SMILES string of the molecule is C[C@@H](NS(=O)(=O)c1ccc(Cl)c(Cl)c1)C(=O)OCC(=O)Nc1ccc(Cl)cc1F. The third-order valence-corrected chi connectivity index (χ3v) is 5.95. The lowest BCUT2D eigenvalue weighted by molar-refractivity contribution is -0.148. The van der Waals surface area contributed by atoms with Crippen LogP contribution in [0.1, 0.15) is 6.92 Å². The Hall–Kier alpha value is -1.91. The topological polar surface area (TPSA) is 102 Å². The van der Waals surface area contributed by atoms with Crippen molar-refractivity contribution in [2.24, 2.45) is 0 Å². The summed E-state index contributed by atoms with van der Waals surface area (Å²) < 4.78 is 45.1. The quantitative estimate of drug-likeness (QED) is 0.586. The number of hydrogen-bond acceptors (Lipinski definition) is 5. The van der Waals surface area contributed by atoms with Crippen molar-refractivity contribution < 1.29 is 27.1 Å². The van der Waals surface area contributed by atoms with Crippen LogP contribution in [-0.2, 0) is 24.3 Å². The standard InChI is InChI=1S/C17H14Cl3FN2O5S/c1-9(23-29(26,27)11-3-4-12(19)13(20)7-11)17(25)28-8-16(24)22-15-5-2-10(18)6-14(15)21/h2-7,9,23H,8H2,1H3,(H,22,24)/t9-/m1/s1. The third-order valence-electron chi connectivity index (χ3n) is 3.44. The molecule has 2 N–H and O–H groups in total. The van der Waals surface area contributed by atoms with Crippen molar-refractivity contribution in [1.29, 1.82) is 0 Å². The number of nitrogens with one attached hydrogen (secondary N) is 2. The summed E-state index contributed by atoms with van der Waals surface area (Å²) in [5.41, 5.74) is -0.149. The molecule has 0 unspecified atom stereocenters. The number of carbonyl (C=O) groups is 2. The molecule has 0 spiro atoms.